The smallest absolute Gasteiger partial charge is 0.158 e. The van der Waals surface area contributed by atoms with E-state index in [0.717, 1.165) is 40.2 Å². The number of fused-ring (bicyclic) bond motifs is 3. The van der Waals surface area contributed by atoms with Crippen LogP contribution in [0.2, 0.25) is 0 Å². The number of rotatable bonds is 5. The number of thiophene rings is 1. The van der Waals surface area contributed by atoms with E-state index in [4.69, 9.17) is 0 Å². The van der Waals surface area contributed by atoms with Gasteiger partial charge in [-0.25, -0.2) is 9.97 Å². The first-order valence-electron chi connectivity index (χ1n) is 10.2. The van der Waals surface area contributed by atoms with Crippen molar-refractivity contribution in [2.45, 2.75) is 53.4 Å². The lowest BCUT2D eigenvalue weighted by molar-refractivity contribution is 0.184. The number of anilines is 1. The highest BCUT2D eigenvalue weighted by Crippen LogP contribution is 2.45. The highest BCUT2D eigenvalue weighted by molar-refractivity contribution is 7.19. The predicted molar refractivity (Wildman–Crippen MR) is 121 cm³/mol. The zero-order valence-electron chi connectivity index (χ0n) is 17.5. The van der Waals surface area contributed by atoms with Gasteiger partial charge in [-0.05, 0) is 72.9 Å². The third-order valence-corrected chi connectivity index (χ3v) is 7.67. The van der Waals surface area contributed by atoms with Gasteiger partial charge in [-0.2, -0.15) is 5.10 Å². The standard InChI is InChI=1S/C23H28N4OS/c1-5-23(3,4)16-8-11-19-18(12-16)20-21(24-13-25-22(20)29-19)27-26-14(2)15-6-9-17(28)10-7-15/h6-7,9-10,13,16,28H,5,8,11-12H2,1-4H3,(H,24,25,27)/b26-14-/t16-/m1/s1. The second-order valence-corrected chi connectivity index (χ2v) is 9.63. The van der Waals surface area contributed by atoms with Crippen molar-refractivity contribution >= 4 is 33.1 Å². The third-order valence-electron chi connectivity index (χ3n) is 6.47. The van der Waals surface area contributed by atoms with Gasteiger partial charge in [-0.15, -0.1) is 11.3 Å². The van der Waals surface area contributed by atoms with Gasteiger partial charge < -0.3 is 5.11 Å². The quantitative estimate of drug-likeness (QED) is 0.415. The van der Waals surface area contributed by atoms with Gasteiger partial charge in [0, 0.05) is 4.88 Å². The number of aromatic hydroxyl groups is 1. The molecule has 1 atom stereocenters. The summed E-state index contributed by atoms with van der Waals surface area (Å²) >= 11 is 1.80. The lowest BCUT2D eigenvalue weighted by atomic mass is 9.69. The minimum atomic E-state index is 0.251. The third kappa shape index (κ3) is 3.86. The highest BCUT2D eigenvalue weighted by Gasteiger charge is 2.33. The molecule has 29 heavy (non-hydrogen) atoms. The maximum absolute atomic E-state index is 9.48. The molecule has 1 aromatic carbocycles. The molecule has 6 heteroatoms. The minimum Gasteiger partial charge on any atom is -0.508 e. The number of aryl methyl sites for hydroxylation is 1. The summed E-state index contributed by atoms with van der Waals surface area (Å²) in [7, 11) is 0. The SMILES string of the molecule is CCC(C)(C)[C@@H]1CCc2sc3ncnc(N/N=C(/C)c4ccc(O)cc4)c3c2C1. The van der Waals surface area contributed by atoms with Gasteiger partial charge in [0.05, 0.1) is 11.1 Å². The Labute approximate surface area is 175 Å². The van der Waals surface area contributed by atoms with Gasteiger partial charge in [-0.1, -0.05) is 27.2 Å². The second kappa shape index (κ2) is 7.75. The Hall–Kier alpha value is -2.47. The van der Waals surface area contributed by atoms with Crippen LogP contribution < -0.4 is 5.43 Å². The van der Waals surface area contributed by atoms with Gasteiger partial charge in [0.15, 0.2) is 5.82 Å². The van der Waals surface area contributed by atoms with E-state index in [0.29, 0.717) is 11.3 Å². The number of hydrogen-bond acceptors (Lipinski definition) is 6. The Morgan fingerprint density at radius 3 is 2.76 bits per heavy atom. The van der Waals surface area contributed by atoms with E-state index in [9.17, 15) is 5.11 Å². The van der Waals surface area contributed by atoms with Crippen LogP contribution in [0.25, 0.3) is 10.2 Å². The highest BCUT2D eigenvalue weighted by atomic mass is 32.1. The normalized spacial score (nSPS) is 17.4. The fraction of sp³-hybridized carbons (Fsp3) is 0.435. The Morgan fingerprint density at radius 1 is 1.28 bits per heavy atom. The Kier molecular flexibility index (Phi) is 5.30. The van der Waals surface area contributed by atoms with Crippen LogP contribution in [0.15, 0.2) is 35.7 Å². The summed E-state index contributed by atoms with van der Waals surface area (Å²) in [6.07, 6.45) is 6.26. The molecule has 0 saturated carbocycles. The minimum absolute atomic E-state index is 0.251. The molecule has 5 nitrogen and oxygen atoms in total. The molecule has 2 aromatic heterocycles. The van der Waals surface area contributed by atoms with E-state index in [1.165, 1.54) is 23.3 Å². The summed E-state index contributed by atoms with van der Waals surface area (Å²) in [5, 5.41) is 15.2. The zero-order valence-corrected chi connectivity index (χ0v) is 18.3. The zero-order chi connectivity index (χ0) is 20.6. The number of aromatic nitrogens is 2. The summed E-state index contributed by atoms with van der Waals surface area (Å²) in [4.78, 5) is 11.5. The molecule has 0 radical (unpaired) electrons. The van der Waals surface area contributed by atoms with Crippen molar-refractivity contribution in [2.24, 2.45) is 16.4 Å². The molecule has 0 amide bonds. The van der Waals surface area contributed by atoms with Crippen molar-refractivity contribution in [2.75, 3.05) is 5.43 Å². The average molecular weight is 409 g/mol. The number of benzene rings is 1. The monoisotopic (exact) mass is 408 g/mol. The predicted octanol–water partition coefficient (Wildman–Crippen LogP) is 5.77. The van der Waals surface area contributed by atoms with Crippen LogP contribution in [-0.2, 0) is 12.8 Å². The van der Waals surface area contributed by atoms with E-state index in [2.05, 4.69) is 41.3 Å². The van der Waals surface area contributed by atoms with Gasteiger partial charge in [-0.3, -0.25) is 5.43 Å². The average Bonchev–Trinajstić information content (AvgIpc) is 3.11. The van der Waals surface area contributed by atoms with Crippen LogP contribution in [-0.4, -0.2) is 20.8 Å². The Bertz CT molecular complexity index is 1050. The summed E-state index contributed by atoms with van der Waals surface area (Å²) in [5.74, 6) is 1.70. The van der Waals surface area contributed by atoms with Gasteiger partial charge >= 0.3 is 0 Å². The molecule has 3 aromatic rings. The molecule has 152 valence electrons. The van der Waals surface area contributed by atoms with Crippen LogP contribution in [0.4, 0.5) is 5.82 Å². The lowest BCUT2D eigenvalue weighted by Gasteiger charge is -2.36. The molecule has 1 aliphatic rings. The van der Waals surface area contributed by atoms with Gasteiger partial charge in [0.25, 0.3) is 0 Å². The first kappa shape index (κ1) is 19.8. The first-order valence-corrected chi connectivity index (χ1v) is 11.1. The van der Waals surface area contributed by atoms with Crippen LogP contribution in [0, 0.1) is 11.3 Å². The fourth-order valence-electron chi connectivity index (χ4n) is 4.05. The van der Waals surface area contributed by atoms with Gasteiger partial charge in [0.1, 0.15) is 16.9 Å². The largest absolute Gasteiger partial charge is 0.508 e. The van der Waals surface area contributed by atoms with E-state index in [1.807, 2.05) is 19.1 Å². The molecule has 0 bridgehead atoms. The summed E-state index contributed by atoms with van der Waals surface area (Å²) in [6, 6.07) is 7.05. The fourth-order valence-corrected chi connectivity index (χ4v) is 5.24. The maximum Gasteiger partial charge on any atom is 0.158 e. The van der Waals surface area contributed by atoms with Crippen molar-refractivity contribution < 1.29 is 5.11 Å². The van der Waals surface area contributed by atoms with Crippen LogP contribution >= 0.6 is 11.3 Å². The molecule has 2 N–H and O–H groups in total. The molecule has 0 spiro atoms. The number of hydrazone groups is 1. The molecule has 0 unspecified atom stereocenters. The maximum atomic E-state index is 9.48. The molecule has 1 aliphatic carbocycles. The lowest BCUT2D eigenvalue weighted by Crippen LogP contribution is -2.28. The number of nitrogens with one attached hydrogen (secondary N) is 1. The van der Waals surface area contributed by atoms with E-state index >= 15 is 0 Å². The van der Waals surface area contributed by atoms with Gasteiger partial charge in [0.2, 0.25) is 0 Å². The topological polar surface area (TPSA) is 70.4 Å². The van der Waals surface area contributed by atoms with Crippen molar-refractivity contribution in [1.29, 1.82) is 0 Å². The van der Waals surface area contributed by atoms with E-state index in [1.54, 1.807) is 29.8 Å². The second-order valence-electron chi connectivity index (χ2n) is 8.54. The number of hydrogen-bond donors (Lipinski definition) is 2. The first-order chi connectivity index (χ1) is 13.9. The van der Waals surface area contributed by atoms with Crippen LogP contribution in [0.1, 0.15) is 56.5 Å². The summed E-state index contributed by atoms with van der Waals surface area (Å²) in [5.41, 5.74) is 6.72. The number of phenols is 1. The van der Waals surface area contributed by atoms with E-state index < -0.39 is 0 Å². The van der Waals surface area contributed by atoms with E-state index in [-0.39, 0.29) is 5.75 Å². The van der Waals surface area contributed by atoms with Crippen molar-refractivity contribution in [3.05, 3.63) is 46.6 Å². The van der Waals surface area contributed by atoms with Crippen molar-refractivity contribution in [1.82, 2.24) is 9.97 Å². The van der Waals surface area contributed by atoms with Crippen LogP contribution in [0.3, 0.4) is 0 Å². The molecule has 0 fully saturated rings. The van der Waals surface area contributed by atoms with Crippen LogP contribution in [0.5, 0.6) is 5.75 Å². The summed E-state index contributed by atoms with van der Waals surface area (Å²) in [6.45, 7) is 9.01. The summed E-state index contributed by atoms with van der Waals surface area (Å²) < 4.78 is 0. The molecule has 4 rings (SSSR count). The molecular weight excluding hydrogens is 380 g/mol. The molecule has 0 aliphatic heterocycles. The Balaban J connectivity index is 1.67. The van der Waals surface area contributed by atoms with Crippen molar-refractivity contribution in [3.8, 4) is 5.75 Å². The molecular formula is C23H28N4OS. The van der Waals surface area contributed by atoms with Crippen molar-refractivity contribution in [3.63, 3.8) is 0 Å². The number of nitrogens with zero attached hydrogens (tertiary/aromatic N) is 3. The number of phenolic OH excluding ortho intramolecular Hbond substituents is 1. The molecule has 2 heterocycles. The molecule has 0 saturated heterocycles. The Morgan fingerprint density at radius 2 is 2.03 bits per heavy atom.